The molecule has 0 saturated carbocycles. The molecule has 15 rings (SSSR count). The number of phenols is 2. The Morgan fingerprint density at radius 3 is 1.15 bits per heavy atom. The first-order valence-electron chi connectivity index (χ1n) is 41.2. The number of hydrogen-bond donors (Lipinski definition) is 4. The molecule has 4 N–H and O–H groups in total. The molecule has 130 heavy (non-hydrogen) atoms. The second kappa shape index (κ2) is 40.2. The first-order chi connectivity index (χ1) is 60.3. The number of fused-ring (bicyclic) bond motifs is 4. The quantitative estimate of drug-likeness (QED) is 0.0561. The van der Waals surface area contributed by atoms with E-state index >= 15 is 0 Å². The van der Waals surface area contributed by atoms with Crippen molar-refractivity contribution >= 4 is 129 Å². The zero-order chi connectivity index (χ0) is 96.8. The number of phenolic OH excluding ortho intramolecular Hbond substituents is 2. The molecular weight excluding hydrogens is 1740 g/mol. The van der Waals surface area contributed by atoms with Crippen LogP contribution in [0.1, 0.15) is 150 Å². The van der Waals surface area contributed by atoms with E-state index in [2.05, 4.69) is 130 Å². The third kappa shape index (κ3) is 24.8. The lowest BCUT2D eigenvalue weighted by molar-refractivity contribution is 0.00578. The average molecular weight is 1850 g/mol. The summed E-state index contributed by atoms with van der Waals surface area (Å²) in [5.74, 6) is 1.72. The minimum absolute atomic E-state index is 0.0345. The smallest absolute Gasteiger partial charge is 0.508 e. The monoisotopic (exact) mass is 1840 g/mol. The number of aromatic nitrogens is 14. The summed E-state index contributed by atoms with van der Waals surface area (Å²) in [6.07, 6.45) is 3.02. The summed E-state index contributed by atoms with van der Waals surface area (Å²) < 4.78 is 42.6. The third-order valence-corrected chi connectivity index (χ3v) is 22.2. The minimum atomic E-state index is -1.63. The molecule has 13 aromatic rings. The molecule has 0 atom stereocenters. The van der Waals surface area contributed by atoms with E-state index < -0.39 is 21.1 Å². The fourth-order valence-corrected chi connectivity index (χ4v) is 14.0. The van der Waals surface area contributed by atoms with Gasteiger partial charge >= 0.3 is 43.9 Å². The van der Waals surface area contributed by atoms with Crippen molar-refractivity contribution in [3.05, 3.63) is 236 Å². The number of imidazole rings is 4. The maximum Gasteiger partial charge on any atom is 0.508 e. The molecule has 0 unspecified atom stereocenters. The number of nitrogens with zero attached hydrogens (tertiary/aromatic N) is 18. The van der Waals surface area contributed by atoms with Crippen LogP contribution in [0, 0.1) is 57.5 Å². The van der Waals surface area contributed by atoms with Crippen LogP contribution in [0.5, 0.6) is 23.0 Å². The summed E-state index contributed by atoms with van der Waals surface area (Å²) in [7, 11) is 4.15. The molecular formula is C92H107B3Cl4N18O13. The van der Waals surface area contributed by atoms with Crippen LogP contribution >= 0.6 is 46.4 Å². The fraction of sp³-hybridized carbons (Fsp3) is 0.391. The van der Waals surface area contributed by atoms with E-state index in [1.165, 1.54) is 67.1 Å². The van der Waals surface area contributed by atoms with Gasteiger partial charge in [-0.25, -0.2) is 39.1 Å². The molecule has 2 fully saturated rings. The number of benzene rings is 3. The number of nitriles is 2. The van der Waals surface area contributed by atoms with Gasteiger partial charge in [0.25, 0.3) is 11.6 Å². The molecule has 680 valence electrons. The summed E-state index contributed by atoms with van der Waals surface area (Å²) in [6, 6.07) is 38.8. The van der Waals surface area contributed by atoms with Crippen LogP contribution in [-0.2, 0) is 73.0 Å². The van der Waals surface area contributed by atoms with Crippen molar-refractivity contribution in [2.45, 2.75) is 187 Å². The standard InChI is InChI=1S/C25H22N6O2.C19H20N4O2.C12H24B2O4.C12H18BN3O3.C12H16ClN3O.C6H4Cl2O.C6H3ClN2/c1-25(2,3)15-31-21-9-8-20(29-23(21)30(5)24(31)32)19-12-17(7-6-16(19)14-26)33-18-10-11-28-22(13-18)27-4;1-19(2,3)11-23-16-8-7-15(21-17(16)22(4)18(23)25)14-9-13(24)6-5-12(14)10-20;1-9(2)10(3,4)16-13(15-9)14-17-11(5,6)12(7,8)18-14;1-12(2,3)7-16-8-5-6-9(13(18)19)14-10(8)15(4)11(16)17;1-12(2,3)7-16-8-5-6-9(13)14-10(8)15(4)11(16)17;7-5-2-1-4(9)3-6(5)8;1-8-6-4-5(7)2-3-9-6/h6-13H,15H2,1-3,5H3;5-9,24H,11H2,1-4H3;1-8H3;5-6,18-19H,7H2,1-4H3;5-6H,7H2,1-4H3;1-3,9H;2-4H. The molecule has 0 bridgehead atoms. The number of hydrogen-bond acceptors (Lipinski definition) is 21. The van der Waals surface area contributed by atoms with Gasteiger partial charge in [0.1, 0.15) is 40.5 Å². The fourth-order valence-electron chi connectivity index (χ4n) is 13.4. The molecule has 0 radical (unpaired) electrons. The van der Waals surface area contributed by atoms with Crippen LogP contribution in [0.25, 0.3) is 76.9 Å². The van der Waals surface area contributed by atoms with Gasteiger partial charge in [-0.2, -0.15) is 10.5 Å². The lowest BCUT2D eigenvalue weighted by Crippen LogP contribution is -2.41. The lowest BCUT2D eigenvalue weighted by atomic mass is 9.49. The Kier molecular flexibility index (Phi) is 31.5. The summed E-state index contributed by atoms with van der Waals surface area (Å²) in [4.78, 5) is 81.4. The second-order valence-electron chi connectivity index (χ2n) is 38.0. The Labute approximate surface area is 775 Å². The van der Waals surface area contributed by atoms with Gasteiger partial charge in [-0.05, 0) is 192 Å². The van der Waals surface area contributed by atoms with E-state index in [0.29, 0.717) is 125 Å². The van der Waals surface area contributed by atoms with E-state index in [9.17, 15) is 34.8 Å². The molecule has 3 aromatic carbocycles. The van der Waals surface area contributed by atoms with Gasteiger partial charge in [-0.15, -0.1) is 9.97 Å². The minimum Gasteiger partial charge on any atom is -0.508 e. The molecule has 0 amide bonds. The Balaban J connectivity index is 0.000000177. The van der Waals surface area contributed by atoms with E-state index in [1.54, 1.807) is 113 Å². The highest BCUT2D eigenvalue weighted by molar-refractivity contribution is 7.11. The highest BCUT2D eigenvalue weighted by Crippen LogP contribution is 2.44. The Hall–Kier alpha value is -11.9. The van der Waals surface area contributed by atoms with Crippen molar-refractivity contribution in [1.29, 1.82) is 10.5 Å². The number of pyridine rings is 6. The van der Waals surface area contributed by atoms with Crippen LogP contribution in [0.15, 0.2) is 159 Å². The van der Waals surface area contributed by atoms with Gasteiger partial charge in [-0.1, -0.05) is 143 Å². The summed E-state index contributed by atoms with van der Waals surface area (Å²) in [5.41, 5.74) is 6.45. The predicted octanol–water partition coefficient (Wildman–Crippen LogP) is 17.2. The molecule has 2 aliphatic rings. The molecule has 0 aliphatic carbocycles. The van der Waals surface area contributed by atoms with Crippen molar-refractivity contribution in [1.82, 2.24) is 66.4 Å². The maximum atomic E-state index is 12.8. The summed E-state index contributed by atoms with van der Waals surface area (Å²) in [5, 5.41) is 57.5. The first-order valence-corrected chi connectivity index (χ1v) is 42.7. The molecule has 0 spiro atoms. The van der Waals surface area contributed by atoms with Gasteiger partial charge < -0.3 is 53.3 Å². The topological polar surface area (TPSA) is 368 Å². The number of aromatic hydroxyl groups is 2. The van der Waals surface area contributed by atoms with Gasteiger partial charge in [0, 0.05) is 82.7 Å². The van der Waals surface area contributed by atoms with Crippen LogP contribution < -0.4 is 33.1 Å². The highest BCUT2D eigenvalue weighted by atomic mass is 35.5. The van der Waals surface area contributed by atoms with Gasteiger partial charge in [-0.3, -0.25) is 36.5 Å². The Morgan fingerprint density at radius 1 is 0.438 bits per heavy atom. The van der Waals surface area contributed by atoms with Crippen molar-refractivity contribution in [2.75, 3.05) is 0 Å². The molecule has 10 aromatic heterocycles. The van der Waals surface area contributed by atoms with E-state index in [4.69, 9.17) is 103 Å². The molecule has 2 saturated heterocycles. The van der Waals surface area contributed by atoms with Crippen molar-refractivity contribution in [2.24, 2.45) is 49.9 Å². The lowest BCUT2D eigenvalue weighted by Gasteiger charge is -2.32. The zero-order valence-corrected chi connectivity index (χ0v) is 80.4. The van der Waals surface area contributed by atoms with Crippen LogP contribution in [0.3, 0.4) is 0 Å². The largest absolute Gasteiger partial charge is 0.508 e. The second-order valence-corrected chi connectivity index (χ2v) is 39.6. The van der Waals surface area contributed by atoms with Crippen molar-refractivity contribution in [3.8, 4) is 57.7 Å². The van der Waals surface area contributed by atoms with Crippen LogP contribution in [-0.4, -0.2) is 130 Å². The maximum absolute atomic E-state index is 12.8. The number of aryl methyl sites for hydroxylation is 4. The van der Waals surface area contributed by atoms with Crippen molar-refractivity contribution < 1.29 is 43.6 Å². The van der Waals surface area contributed by atoms with Crippen molar-refractivity contribution in [3.63, 3.8) is 0 Å². The number of rotatable bonds is 10. The predicted molar refractivity (Wildman–Crippen MR) is 511 cm³/mol. The number of halogens is 4. The Bertz CT molecular complexity index is 6750. The average Bonchev–Trinajstić information content (AvgIpc) is 1.59. The SMILES string of the molecule is CC1(C)OB(B2OC(C)(C)C(C)(C)O2)OC1(C)C.Cn1c(=O)n(CC(C)(C)C)c2ccc(-c3cc(O)ccc3C#N)nc21.Cn1c(=O)n(CC(C)(C)C)c2ccc(B(O)O)nc21.Cn1c(=O)n(CC(C)(C)C)c2ccc(Cl)nc21.Oc1ccc(Cl)c(Cl)c1.[C-]#[N+]c1cc(Cl)ccn1.[C-]#[N+]c1cc(Oc2ccc(C#N)c(-c3ccc4c(n3)n(C)c(=O)n4CC(C)(C)C)c2)ccn1. The van der Waals surface area contributed by atoms with Gasteiger partial charge in [0.2, 0.25) is 0 Å². The zero-order valence-electron chi connectivity index (χ0n) is 77.4. The first kappa shape index (κ1) is 102. The highest BCUT2D eigenvalue weighted by Gasteiger charge is 2.64. The Morgan fingerprint density at radius 2 is 0.785 bits per heavy atom. The molecule has 31 nitrogen and oxygen atoms in total. The molecule has 12 heterocycles. The normalized spacial score (nSPS) is 14.1. The van der Waals surface area contributed by atoms with Gasteiger partial charge in [0.15, 0.2) is 22.6 Å². The van der Waals surface area contributed by atoms with E-state index in [0.717, 1.165) is 16.6 Å². The van der Waals surface area contributed by atoms with Crippen LogP contribution in [0.4, 0.5) is 11.6 Å². The van der Waals surface area contributed by atoms with E-state index in [1.807, 2.05) is 79.7 Å². The molecule has 38 heteroatoms. The molecule has 2 aliphatic heterocycles. The number of ether oxygens (including phenoxy) is 1. The third-order valence-electron chi connectivity index (χ3n) is 21.1. The van der Waals surface area contributed by atoms with Crippen LogP contribution in [0.2, 0.25) is 20.2 Å². The van der Waals surface area contributed by atoms with E-state index in [-0.39, 0.29) is 89.7 Å². The van der Waals surface area contributed by atoms with Gasteiger partial charge in [0.05, 0.1) is 94.8 Å². The summed E-state index contributed by atoms with van der Waals surface area (Å²) in [6.45, 7) is 57.2. The summed E-state index contributed by atoms with van der Waals surface area (Å²) >= 11 is 22.4.